The zero-order valence-corrected chi connectivity index (χ0v) is 11.9. The molecule has 2 aromatic carbocycles. The molecule has 104 valence electrons. The van der Waals surface area contributed by atoms with Gasteiger partial charge in [0.05, 0.1) is 16.0 Å². The highest BCUT2D eigenvalue weighted by Gasteiger charge is 2.08. The van der Waals surface area contributed by atoms with Gasteiger partial charge in [0.2, 0.25) is 0 Å². The van der Waals surface area contributed by atoms with Crippen molar-refractivity contribution >= 4 is 9.84 Å². The van der Waals surface area contributed by atoms with E-state index in [4.69, 9.17) is 15.3 Å². The Morgan fingerprint density at radius 2 is 1.48 bits per heavy atom. The van der Waals surface area contributed by atoms with Crippen molar-refractivity contribution in [2.75, 3.05) is 6.26 Å². The summed E-state index contributed by atoms with van der Waals surface area (Å²) >= 11 is 0. The predicted molar refractivity (Wildman–Crippen MR) is 75.5 cm³/mol. The molecule has 6 heteroatoms. The summed E-state index contributed by atoms with van der Waals surface area (Å²) < 4.78 is 28.2. The van der Waals surface area contributed by atoms with Crippen LogP contribution in [0.3, 0.4) is 0 Å². The first-order valence-corrected chi connectivity index (χ1v) is 7.75. The summed E-state index contributed by atoms with van der Waals surface area (Å²) in [5.41, 5.74) is 0.500. The third-order valence-corrected chi connectivity index (χ3v) is 3.85. The molecule has 0 fully saturated rings. The molecule has 0 radical (unpaired) electrons. The first-order chi connectivity index (χ1) is 9.94. The zero-order chi connectivity index (χ0) is 15.5. The molecule has 0 atom stereocenters. The molecule has 0 unspecified atom stereocenters. The van der Waals surface area contributed by atoms with Crippen LogP contribution in [0.4, 0.5) is 0 Å². The van der Waals surface area contributed by atoms with E-state index in [1.165, 1.54) is 36.4 Å². The van der Waals surface area contributed by atoms with E-state index in [2.05, 4.69) is 0 Å². The van der Waals surface area contributed by atoms with E-state index >= 15 is 0 Å². The highest BCUT2D eigenvalue weighted by atomic mass is 32.2. The Bertz CT molecular complexity index is 857. The van der Waals surface area contributed by atoms with Gasteiger partial charge in [0, 0.05) is 6.26 Å². The highest BCUT2D eigenvalue weighted by molar-refractivity contribution is 7.90. The van der Waals surface area contributed by atoms with Crippen molar-refractivity contribution in [2.24, 2.45) is 0 Å². The molecule has 0 bridgehead atoms. The second-order valence-corrected chi connectivity index (χ2v) is 6.29. The third kappa shape index (κ3) is 3.38. The van der Waals surface area contributed by atoms with E-state index in [1.807, 2.05) is 12.1 Å². The Morgan fingerprint density at radius 3 is 2.00 bits per heavy atom. The van der Waals surface area contributed by atoms with Crippen molar-refractivity contribution in [1.29, 1.82) is 10.5 Å². The fourth-order valence-corrected chi connectivity index (χ4v) is 2.30. The second kappa shape index (κ2) is 5.66. The first-order valence-electron chi connectivity index (χ1n) is 5.86. The van der Waals surface area contributed by atoms with E-state index < -0.39 is 9.84 Å². The lowest BCUT2D eigenvalue weighted by Gasteiger charge is -2.07. The van der Waals surface area contributed by atoms with Gasteiger partial charge in [0.25, 0.3) is 0 Å². The molecule has 0 spiro atoms. The molecule has 0 aromatic heterocycles. The molecule has 0 aliphatic rings. The quantitative estimate of drug-likeness (QED) is 0.868. The minimum atomic E-state index is -3.25. The van der Waals surface area contributed by atoms with Gasteiger partial charge in [-0.15, -0.1) is 0 Å². The summed E-state index contributed by atoms with van der Waals surface area (Å²) in [4.78, 5) is 0.201. The molecule has 21 heavy (non-hydrogen) atoms. The first kappa shape index (κ1) is 14.6. The molecule has 0 saturated heterocycles. The van der Waals surface area contributed by atoms with Gasteiger partial charge < -0.3 is 4.74 Å². The summed E-state index contributed by atoms with van der Waals surface area (Å²) in [6, 6.07) is 14.3. The van der Waals surface area contributed by atoms with Gasteiger partial charge in [-0.1, -0.05) is 0 Å². The molecule has 0 aliphatic heterocycles. The molecule has 0 aliphatic carbocycles. The number of nitriles is 2. The Balaban J connectivity index is 2.27. The van der Waals surface area contributed by atoms with Gasteiger partial charge >= 0.3 is 0 Å². The predicted octanol–water partition coefficient (Wildman–Crippen LogP) is 2.63. The van der Waals surface area contributed by atoms with Gasteiger partial charge in [0.1, 0.15) is 23.6 Å². The maximum Gasteiger partial charge on any atom is 0.175 e. The topological polar surface area (TPSA) is 90.9 Å². The van der Waals surface area contributed by atoms with Gasteiger partial charge in [-0.3, -0.25) is 0 Å². The normalized spacial score (nSPS) is 10.4. The molecule has 2 aromatic rings. The van der Waals surface area contributed by atoms with Gasteiger partial charge in [-0.25, -0.2) is 8.42 Å². The van der Waals surface area contributed by atoms with Crippen LogP contribution < -0.4 is 4.74 Å². The van der Waals surface area contributed by atoms with Crippen LogP contribution in [0.15, 0.2) is 47.4 Å². The summed E-state index contributed by atoms with van der Waals surface area (Å²) in [6.07, 6.45) is 1.13. The van der Waals surface area contributed by atoms with Gasteiger partial charge in [0.15, 0.2) is 9.84 Å². The number of ether oxygens (including phenoxy) is 1. The molecule has 5 nitrogen and oxygen atoms in total. The number of nitrogens with zero attached hydrogens (tertiary/aromatic N) is 2. The summed E-state index contributed by atoms with van der Waals surface area (Å²) in [5, 5.41) is 17.8. The molecule has 0 heterocycles. The van der Waals surface area contributed by atoms with Crippen molar-refractivity contribution in [3.8, 4) is 23.6 Å². The fraction of sp³-hybridized carbons (Fsp3) is 0.0667. The van der Waals surface area contributed by atoms with Crippen molar-refractivity contribution in [2.45, 2.75) is 4.90 Å². The van der Waals surface area contributed by atoms with Crippen LogP contribution in [0.1, 0.15) is 11.1 Å². The van der Waals surface area contributed by atoms with Gasteiger partial charge in [-0.2, -0.15) is 10.5 Å². The molecular weight excluding hydrogens is 288 g/mol. The monoisotopic (exact) mass is 298 g/mol. The fourth-order valence-electron chi connectivity index (χ4n) is 1.67. The van der Waals surface area contributed by atoms with Gasteiger partial charge in [-0.05, 0) is 42.5 Å². The molecule has 2 rings (SSSR count). The van der Waals surface area contributed by atoms with Crippen LogP contribution in [-0.2, 0) is 9.84 Å². The van der Waals surface area contributed by atoms with Crippen LogP contribution in [0, 0.1) is 22.7 Å². The van der Waals surface area contributed by atoms with E-state index in [0.29, 0.717) is 11.5 Å². The summed E-state index contributed by atoms with van der Waals surface area (Å²) in [6.45, 7) is 0. The zero-order valence-electron chi connectivity index (χ0n) is 11.1. The van der Waals surface area contributed by atoms with E-state index in [-0.39, 0.29) is 16.0 Å². The maximum atomic E-state index is 11.3. The number of rotatable bonds is 3. The lowest BCUT2D eigenvalue weighted by Crippen LogP contribution is -1.96. The Hall–Kier alpha value is -2.83. The van der Waals surface area contributed by atoms with Crippen molar-refractivity contribution in [3.63, 3.8) is 0 Å². The van der Waals surface area contributed by atoms with Crippen LogP contribution in [0.5, 0.6) is 11.5 Å². The summed E-state index contributed by atoms with van der Waals surface area (Å²) in [5.74, 6) is 0.841. The minimum Gasteiger partial charge on any atom is -0.457 e. The number of hydrogen-bond donors (Lipinski definition) is 0. The number of hydrogen-bond acceptors (Lipinski definition) is 5. The maximum absolute atomic E-state index is 11.3. The largest absolute Gasteiger partial charge is 0.457 e. The van der Waals surface area contributed by atoms with Crippen LogP contribution in [-0.4, -0.2) is 14.7 Å². The van der Waals surface area contributed by atoms with Crippen molar-refractivity contribution < 1.29 is 13.2 Å². The Morgan fingerprint density at radius 1 is 0.905 bits per heavy atom. The standard InChI is InChI=1S/C15H10N2O3S/c1-21(18,19)15-6-4-13(5-7-15)20-14-3-2-11(9-16)12(8-14)10-17/h2-8H,1H3. The third-order valence-electron chi connectivity index (χ3n) is 2.72. The average Bonchev–Trinajstić information content (AvgIpc) is 2.46. The minimum absolute atomic E-state index is 0.201. The average molecular weight is 298 g/mol. The molecule has 0 N–H and O–H groups in total. The highest BCUT2D eigenvalue weighted by Crippen LogP contribution is 2.24. The number of benzene rings is 2. The van der Waals surface area contributed by atoms with Crippen LogP contribution in [0.25, 0.3) is 0 Å². The molecule has 0 saturated carbocycles. The number of sulfone groups is 1. The molecular formula is C15H10N2O3S. The van der Waals surface area contributed by atoms with Crippen LogP contribution in [0.2, 0.25) is 0 Å². The molecule has 0 amide bonds. The Labute approximate surface area is 122 Å². The lowest BCUT2D eigenvalue weighted by molar-refractivity contribution is 0.482. The van der Waals surface area contributed by atoms with E-state index in [1.54, 1.807) is 6.07 Å². The lowest BCUT2D eigenvalue weighted by atomic mass is 10.1. The van der Waals surface area contributed by atoms with Crippen molar-refractivity contribution in [3.05, 3.63) is 53.6 Å². The second-order valence-electron chi connectivity index (χ2n) is 4.28. The SMILES string of the molecule is CS(=O)(=O)c1ccc(Oc2ccc(C#N)c(C#N)c2)cc1. The van der Waals surface area contributed by atoms with Crippen LogP contribution >= 0.6 is 0 Å². The smallest absolute Gasteiger partial charge is 0.175 e. The van der Waals surface area contributed by atoms with Crippen molar-refractivity contribution in [1.82, 2.24) is 0 Å². The van der Waals surface area contributed by atoms with E-state index in [0.717, 1.165) is 6.26 Å². The summed E-state index contributed by atoms with van der Waals surface area (Å²) in [7, 11) is -3.25. The van der Waals surface area contributed by atoms with E-state index in [9.17, 15) is 8.42 Å². The Kier molecular flexibility index (Phi) is 3.93.